The van der Waals surface area contributed by atoms with E-state index in [1.807, 2.05) is 0 Å². The second-order valence-corrected chi connectivity index (χ2v) is 6.48. The molecule has 1 aliphatic carbocycles. The van der Waals surface area contributed by atoms with Gasteiger partial charge in [0.1, 0.15) is 5.60 Å². The van der Waals surface area contributed by atoms with E-state index in [9.17, 15) is 18.0 Å². The normalized spacial score (nSPS) is 33.3. The number of carbonyl (C=O) groups is 1. The van der Waals surface area contributed by atoms with Crippen LogP contribution in [0.2, 0.25) is 0 Å². The van der Waals surface area contributed by atoms with Crippen LogP contribution in [0.15, 0.2) is 0 Å². The van der Waals surface area contributed by atoms with E-state index < -0.39 is 29.7 Å². The van der Waals surface area contributed by atoms with Crippen molar-refractivity contribution in [3.8, 4) is 0 Å². The number of ether oxygens (including phenoxy) is 2. The minimum absolute atomic E-state index is 0.00513. The van der Waals surface area contributed by atoms with Gasteiger partial charge in [-0.15, -0.1) is 0 Å². The molecular formula is C13H20F3NO3. The lowest BCUT2D eigenvalue weighted by molar-refractivity contribution is -0.193. The maximum Gasteiger partial charge on any atom is 0.407 e. The van der Waals surface area contributed by atoms with Gasteiger partial charge in [-0.05, 0) is 39.5 Å². The maximum atomic E-state index is 13.0. The molecule has 0 bridgehead atoms. The van der Waals surface area contributed by atoms with Gasteiger partial charge < -0.3 is 14.8 Å². The molecule has 1 saturated heterocycles. The second kappa shape index (κ2) is 5.09. The largest absolute Gasteiger partial charge is 0.444 e. The Bertz CT molecular complexity index is 378. The lowest BCUT2D eigenvalue weighted by Gasteiger charge is -2.31. The van der Waals surface area contributed by atoms with E-state index in [-0.39, 0.29) is 25.2 Å². The third kappa shape index (κ3) is 4.01. The fourth-order valence-electron chi connectivity index (χ4n) is 2.65. The Balaban J connectivity index is 1.88. The molecule has 2 rings (SSSR count). The quantitative estimate of drug-likeness (QED) is 0.797. The number of alkyl carbamates (subject to hydrolysis) is 1. The first-order chi connectivity index (χ1) is 9.06. The molecule has 0 aromatic rings. The van der Waals surface area contributed by atoms with Crippen molar-refractivity contribution >= 4 is 6.09 Å². The van der Waals surface area contributed by atoms with Crippen molar-refractivity contribution < 1.29 is 27.4 Å². The molecular weight excluding hydrogens is 275 g/mol. The van der Waals surface area contributed by atoms with Crippen LogP contribution >= 0.6 is 0 Å². The van der Waals surface area contributed by atoms with Gasteiger partial charge in [0.2, 0.25) is 0 Å². The Morgan fingerprint density at radius 1 is 1.25 bits per heavy atom. The van der Waals surface area contributed by atoms with Crippen LogP contribution in [-0.4, -0.2) is 36.6 Å². The summed E-state index contributed by atoms with van der Waals surface area (Å²) in [7, 11) is 0. The van der Waals surface area contributed by atoms with Gasteiger partial charge in [0.05, 0.1) is 18.1 Å². The van der Waals surface area contributed by atoms with Crippen molar-refractivity contribution in [2.45, 2.75) is 57.6 Å². The first-order valence-corrected chi connectivity index (χ1v) is 6.75. The van der Waals surface area contributed by atoms with Crippen LogP contribution in [0.25, 0.3) is 0 Å². The summed E-state index contributed by atoms with van der Waals surface area (Å²) in [5.41, 5.74) is -0.662. The van der Waals surface area contributed by atoms with Gasteiger partial charge >= 0.3 is 12.3 Å². The molecule has 20 heavy (non-hydrogen) atoms. The highest BCUT2D eigenvalue weighted by Gasteiger charge is 2.56. The third-order valence-corrected chi connectivity index (χ3v) is 3.61. The van der Waals surface area contributed by atoms with Crippen LogP contribution in [0.3, 0.4) is 0 Å². The van der Waals surface area contributed by atoms with E-state index in [1.54, 1.807) is 20.8 Å². The summed E-state index contributed by atoms with van der Waals surface area (Å²) in [6.07, 6.45) is -4.92. The van der Waals surface area contributed by atoms with Crippen LogP contribution in [0.5, 0.6) is 0 Å². The number of alkyl halides is 3. The Kier molecular flexibility index (Phi) is 3.92. The summed E-state index contributed by atoms with van der Waals surface area (Å²) in [6.45, 7) is 5.07. The first kappa shape index (κ1) is 15.4. The number of hydrogen-bond acceptors (Lipinski definition) is 3. The Morgan fingerprint density at radius 2 is 1.85 bits per heavy atom. The summed E-state index contributed by atoms with van der Waals surface area (Å²) in [5, 5.41) is 2.43. The van der Waals surface area contributed by atoms with E-state index in [1.165, 1.54) is 0 Å². The van der Waals surface area contributed by atoms with E-state index in [2.05, 4.69) is 5.32 Å². The van der Waals surface area contributed by atoms with Crippen LogP contribution in [0.1, 0.15) is 33.6 Å². The molecule has 4 nitrogen and oxygen atoms in total. The first-order valence-electron chi connectivity index (χ1n) is 6.75. The molecule has 1 amide bonds. The van der Waals surface area contributed by atoms with E-state index in [4.69, 9.17) is 9.47 Å². The summed E-state index contributed by atoms with van der Waals surface area (Å²) >= 11 is 0. The van der Waals surface area contributed by atoms with Gasteiger partial charge in [-0.2, -0.15) is 13.2 Å². The number of nitrogens with one attached hydrogen (secondary N) is 1. The summed E-state index contributed by atoms with van der Waals surface area (Å²) in [4.78, 5) is 11.5. The van der Waals surface area contributed by atoms with E-state index in [0.29, 0.717) is 6.42 Å². The predicted molar refractivity (Wildman–Crippen MR) is 65.2 cm³/mol. The van der Waals surface area contributed by atoms with E-state index >= 15 is 0 Å². The smallest absolute Gasteiger partial charge is 0.407 e. The molecule has 0 spiro atoms. The molecule has 2 aliphatic rings. The fourth-order valence-corrected chi connectivity index (χ4v) is 2.65. The van der Waals surface area contributed by atoms with Crippen LogP contribution in [0, 0.1) is 11.8 Å². The summed E-state index contributed by atoms with van der Waals surface area (Å²) in [6, 6.07) is 0. The molecule has 7 heteroatoms. The highest BCUT2D eigenvalue weighted by Crippen LogP contribution is 2.48. The Morgan fingerprint density at radius 3 is 2.40 bits per heavy atom. The average molecular weight is 295 g/mol. The lowest BCUT2D eigenvalue weighted by atomic mass is 9.79. The number of rotatable bonds is 2. The third-order valence-electron chi connectivity index (χ3n) is 3.61. The lowest BCUT2D eigenvalue weighted by Crippen LogP contribution is -2.43. The monoisotopic (exact) mass is 295 g/mol. The number of halogens is 3. The summed E-state index contributed by atoms with van der Waals surface area (Å²) in [5.74, 6) is -2.06. The molecule has 116 valence electrons. The Hall–Kier alpha value is -0.980. The van der Waals surface area contributed by atoms with Crippen molar-refractivity contribution in [3.63, 3.8) is 0 Å². The maximum absolute atomic E-state index is 13.0. The SMILES string of the molecule is CC(C)(C)OC(=O)NC[C@@H]1CC2OC2C[C@H]1C(F)(F)F. The molecule has 2 fully saturated rings. The molecule has 1 heterocycles. The zero-order valence-electron chi connectivity index (χ0n) is 11.8. The average Bonchev–Trinajstić information content (AvgIpc) is 2.99. The predicted octanol–water partition coefficient (Wildman–Crippen LogP) is 2.87. The number of carbonyl (C=O) groups excluding carboxylic acids is 1. The van der Waals surface area contributed by atoms with Crippen LogP contribution < -0.4 is 5.32 Å². The van der Waals surface area contributed by atoms with Crippen molar-refractivity contribution in [3.05, 3.63) is 0 Å². The van der Waals surface area contributed by atoms with Gasteiger partial charge in [-0.25, -0.2) is 4.79 Å². The van der Waals surface area contributed by atoms with Crippen molar-refractivity contribution in [2.24, 2.45) is 11.8 Å². The summed E-state index contributed by atoms with van der Waals surface area (Å²) < 4.78 is 49.1. The van der Waals surface area contributed by atoms with Gasteiger partial charge in [-0.1, -0.05) is 0 Å². The van der Waals surface area contributed by atoms with Crippen molar-refractivity contribution in [1.82, 2.24) is 5.32 Å². The number of epoxide rings is 1. The molecule has 1 aliphatic heterocycles. The van der Waals surface area contributed by atoms with Crippen molar-refractivity contribution in [2.75, 3.05) is 6.54 Å². The highest BCUT2D eigenvalue weighted by atomic mass is 19.4. The minimum Gasteiger partial charge on any atom is -0.444 e. The molecule has 0 aromatic heterocycles. The minimum atomic E-state index is -4.25. The van der Waals surface area contributed by atoms with Gasteiger partial charge in [-0.3, -0.25) is 0 Å². The second-order valence-electron chi connectivity index (χ2n) is 6.48. The topological polar surface area (TPSA) is 50.9 Å². The van der Waals surface area contributed by atoms with Crippen LogP contribution in [0.4, 0.5) is 18.0 Å². The van der Waals surface area contributed by atoms with Gasteiger partial charge in [0, 0.05) is 6.54 Å². The molecule has 0 radical (unpaired) electrons. The Labute approximate surface area is 116 Å². The molecule has 4 atom stereocenters. The van der Waals surface area contributed by atoms with E-state index in [0.717, 1.165) is 0 Å². The number of amides is 1. The molecule has 1 saturated carbocycles. The fraction of sp³-hybridized carbons (Fsp3) is 0.923. The molecule has 2 unspecified atom stereocenters. The number of hydrogen-bond donors (Lipinski definition) is 1. The van der Waals surface area contributed by atoms with Gasteiger partial charge in [0.15, 0.2) is 0 Å². The highest BCUT2D eigenvalue weighted by molar-refractivity contribution is 5.67. The molecule has 1 N–H and O–H groups in total. The molecule has 0 aromatic carbocycles. The number of fused-ring (bicyclic) bond motifs is 1. The zero-order valence-corrected chi connectivity index (χ0v) is 11.8. The zero-order chi connectivity index (χ0) is 15.1. The van der Waals surface area contributed by atoms with Gasteiger partial charge in [0.25, 0.3) is 0 Å². The van der Waals surface area contributed by atoms with Crippen LogP contribution in [-0.2, 0) is 9.47 Å². The standard InChI is InChI=1S/C13H20F3NO3/c1-12(2,3)20-11(18)17-6-7-4-9-10(19-9)5-8(7)13(14,15)16/h7-10H,4-6H2,1-3H3,(H,17,18)/t7-,8+,9?,10?/m0/s1. The van der Waals surface area contributed by atoms with Crippen molar-refractivity contribution in [1.29, 1.82) is 0 Å².